The molecule has 1 aliphatic rings. The number of nitrogens with one attached hydrogen (secondary N) is 1. The Labute approximate surface area is 211 Å². The number of hydrogen-bond donors (Lipinski definition) is 2. The second-order valence-electron chi connectivity index (χ2n) is 9.54. The van der Waals surface area contributed by atoms with Gasteiger partial charge >= 0.3 is 0 Å². The van der Waals surface area contributed by atoms with Gasteiger partial charge in [0.25, 0.3) is 10.0 Å². The lowest BCUT2D eigenvalue weighted by Crippen LogP contribution is -2.44. The maximum atomic E-state index is 12.9. The Kier molecular flexibility index (Phi) is 7.52. The molecule has 1 aliphatic heterocycles. The summed E-state index contributed by atoms with van der Waals surface area (Å²) in [5.74, 6) is 0.876. The number of nitrogens with zero attached hydrogens (tertiary/aromatic N) is 2. The van der Waals surface area contributed by atoms with E-state index in [0.717, 1.165) is 42.6 Å². The van der Waals surface area contributed by atoms with Crippen molar-refractivity contribution in [2.24, 2.45) is 0 Å². The lowest BCUT2D eigenvalue weighted by molar-refractivity contribution is 0.122. The maximum absolute atomic E-state index is 12.9. The fraction of sp³-hybridized carbons (Fsp3) is 0.370. The molecule has 0 bridgehead atoms. The van der Waals surface area contributed by atoms with Crippen LogP contribution in [0.3, 0.4) is 0 Å². The van der Waals surface area contributed by atoms with Gasteiger partial charge in [-0.3, -0.25) is 0 Å². The van der Waals surface area contributed by atoms with E-state index in [9.17, 15) is 18.8 Å². The number of ether oxygens (including phenoxy) is 1. The molecule has 1 fully saturated rings. The van der Waals surface area contributed by atoms with Crippen molar-refractivity contribution in [2.45, 2.75) is 32.7 Å². The first kappa shape index (κ1) is 25.9. The van der Waals surface area contributed by atoms with Gasteiger partial charge in [0.15, 0.2) is 4.91 Å². The molecule has 1 aromatic heterocycles. The van der Waals surface area contributed by atoms with E-state index >= 15 is 0 Å². The summed E-state index contributed by atoms with van der Waals surface area (Å²) in [6.07, 6.45) is 0.213. The average molecular weight is 510 g/mol. The Bertz CT molecular complexity index is 1430. The predicted molar refractivity (Wildman–Crippen MR) is 141 cm³/mol. The van der Waals surface area contributed by atoms with Crippen molar-refractivity contribution in [3.8, 4) is 17.4 Å². The summed E-state index contributed by atoms with van der Waals surface area (Å²) in [6.45, 7) is 7.89. The Morgan fingerprint density at radius 2 is 1.81 bits per heavy atom. The minimum absolute atomic E-state index is 0.179. The number of allylic oxidation sites excluding steroid dienone is 2. The molecule has 8 nitrogen and oxygen atoms in total. The number of aliphatic hydroxyl groups excluding tert-OH is 1. The van der Waals surface area contributed by atoms with Crippen LogP contribution in [0.25, 0.3) is 27.7 Å². The highest BCUT2D eigenvalue weighted by molar-refractivity contribution is 7.93. The molecule has 3 aromatic rings. The Hall–Kier alpha value is -3.16. The van der Waals surface area contributed by atoms with E-state index in [-0.39, 0.29) is 18.6 Å². The summed E-state index contributed by atoms with van der Waals surface area (Å²) < 4.78 is 39.8. The monoisotopic (exact) mass is 509 g/mol. The minimum atomic E-state index is -4.11. The van der Waals surface area contributed by atoms with Gasteiger partial charge in [-0.2, -0.15) is 5.26 Å². The van der Waals surface area contributed by atoms with Crippen LogP contribution < -0.4 is 9.62 Å². The molecule has 0 unspecified atom stereocenters. The van der Waals surface area contributed by atoms with Gasteiger partial charge in [0.05, 0.1) is 13.2 Å². The van der Waals surface area contributed by atoms with Crippen molar-refractivity contribution in [1.29, 1.82) is 5.26 Å². The topological polar surface area (TPSA) is 116 Å². The number of furan rings is 1. The van der Waals surface area contributed by atoms with Gasteiger partial charge in [-0.15, -0.1) is 0 Å². The first-order valence-corrected chi connectivity index (χ1v) is 13.3. The van der Waals surface area contributed by atoms with Gasteiger partial charge in [0, 0.05) is 42.1 Å². The second-order valence-corrected chi connectivity index (χ2v) is 11.2. The van der Waals surface area contributed by atoms with Crippen molar-refractivity contribution in [3.05, 3.63) is 59.2 Å². The SMILES string of the molecule is C/C(=C(/C#N)S(=O)(=O)NC(C)(C)CCO)c1ccc(-c2ccc3cc(N4CCOCC4)ccc3c2)o1. The molecule has 0 radical (unpaired) electrons. The zero-order chi connectivity index (χ0) is 25.9. The van der Waals surface area contributed by atoms with Gasteiger partial charge in [0.2, 0.25) is 0 Å². The van der Waals surface area contributed by atoms with Crippen LogP contribution in [0, 0.1) is 11.3 Å². The number of sulfonamides is 1. The molecule has 0 spiro atoms. The standard InChI is InChI=1S/C27H31N3O5S/c1-19(26(18-28)36(32,33)29-27(2,3)10-13-31)24-8-9-25(35-24)22-5-4-21-17-23(7-6-20(21)16-22)30-11-14-34-15-12-30/h4-9,16-17,29,31H,10-15H2,1-3H3/b26-19+. The Morgan fingerprint density at radius 3 is 2.50 bits per heavy atom. The van der Waals surface area contributed by atoms with Crippen molar-refractivity contribution in [2.75, 3.05) is 37.8 Å². The zero-order valence-corrected chi connectivity index (χ0v) is 21.6. The van der Waals surface area contributed by atoms with Gasteiger partial charge in [-0.25, -0.2) is 13.1 Å². The first-order chi connectivity index (χ1) is 17.1. The normalized spacial score (nSPS) is 15.6. The predicted octanol–water partition coefficient (Wildman–Crippen LogP) is 4.27. The molecule has 4 rings (SSSR count). The van der Waals surface area contributed by atoms with Gasteiger partial charge in [-0.05, 0) is 68.3 Å². The van der Waals surface area contributed by atoms with Crippen LogP contribution in [0.1, 0.15) is 33.0 Å². The van der Waals surface area contributed by atoms with E-state index in [1.807, 2.05) is 18.2 Å². The summed E-state index contributed by atoms with van der Waals surface area (Å²) in [5.41, 5.74) is 1.33. The molecule has 0 saturated carbocycles. The molecule has 36 heavy (non-hydrogen) atoms. The van der Waals surface area contributed by atoms with E-state index in [2.05, 4.69) is 27.8 Å². The van der Waals surface area contributed by atoms with Crippen molar-refractivity contribution in [1.82, 2.24) is 4.72 Å². The summed E-state index contributed by atoms with van der Waals surface area (Å²) in [6, 6.07) is 17.6. The largest absolute Gasteiger partial charge is 0.456 e. The molecule has 190 valence electrons. The average Bonchev–Trinajstić information content (AvgIpc) is 3.34. The number of benzene rings is 2. The summed E-state index contributed by atoms with van der Waals surface area (Å²) >= 11 is 0. The first-order valence-electron chi connectivity index (χ1n) is 11.9. The van der Waals surface area contributed by atoms with Crippen LogP contribution >= 0.6 is 0 Å². The Balaban J connectivity index is 1.61. The molecule has 0 atom stereocenters. The number of fused-ring (bicyclic) bond motifs is 1. The second kappa shape index (κ2) is 10.4. The fourth-order valence-corrected chi connectivity index (χ4v) is 5.86. The van der Waals surface area contributed by atoms with Gasteiger partial charge in [0.1, 0.15) is 17.6 Å². The third-order valence-corrected chi connectivity index (χ3v) is 8.07. The van der Waals surface area contributed by atoms with Gasteiger partial charge in [-0.1, -0.05) is 18.2 Å². The van der Waals surface area contributed by atoms with Crippen LogP contribution in [0.4, 0.5) is 5.69 Å². The number of rotatable bonds is 8. The number of anilines is 1. The highest BCUT2D eigenvalue weighted by atomic mass is 32.2. The summed E-state index contributed by atoms with van der Waals surface area (Å²) in [5, 5.41) is 21.0. The third-order valence-electron chi connectivity index (χ3n) is 6.32. The summed E-state index contributed by atoms with van der Waals surface area (Å²) in [4.78, 5) is 1.90. The molecular weight excluding hydrogens is 478 g/mol. The van der Waals surface area contributed by atoms with Crippen LogP contribution in [0.5, 0.6) is 0 Å². The molecule has 0 amide bonds. The minimum Gasteiger partial charge on any atom is -0.456 e. The van der Waals surface area contributed by atoms with Crippen LogP contribution in [-0.4, -0.2) is 52.0 Å². The lowest BCUT2D eigenvalue weighted by Gasteiger charge is -2.29. The van der Waals surface area contributed by atoms with Crippen molar-refractivity contribution in [3.63, 3.8) is 0 Å². The number of morpholine rings is 1. The highest BCUT2D eigenvalue weighted by Gasteiger charge is 2.30. The molecule has 2 heterocycles. The van der Waals surface area contributed by atoms with Crippen LogP contribution in [0.2, 0.25) is 0 Å². The smallest absolute Gasteiger partial charge is 0.251 e. The Morgan fingerprint density at radius 1 is 1.11 bits per heavy atom. The van der Waals surface area contributed by atoms with Crippen molar-refractivity contribution < 1.29 is 22.7 Å². The number of hydrogen-bond acceptors (Lipinski definition) is 7. The summed E-state index contributed by atoms with van der Waals surface area (Å²) in [7, 11) is -4.11. The van der Waals surface area contributed by atoms with E-state index in [1.165, 1.54) is 5.69 Å². The number of aliphatic hydroxyl groups is 1. The van der Waals surface area contributed by atoms with E-state index in [1.54, 1.807) is 39.0 Å². The number of nitriles is 1. The molecule has 9 heteroatoms. The van der Waals surface area contributed by atoms with Gasteiger partial charge < -0.3 is 19.2 Å². The molecular formula is C27H31N3O5S. The van der Waals surface area contributed by atoms with Crippen LogP contribution in [0.15, 0.2) is 57.9 Å². The quantitative estimate of drug-likeness (QED) is 0.436. The van der Waals surface area contributed by atoms with Crippen molar-refractivity contribution >= 4 is 32.1 Å². The zero-order valence-electron chi connectivity index (χ0n) is 20.7. The van der Waals surface area contributed by atoms with E-state index in [0.29, 0.717) is 11.5 Å². The molecule has 0 aliphatic carbocycles. The van der Waals surface area contributed by atoms with E-state index < -0.39 is 20.5 Å². The van der Waals surface area contributed by atoms with E-state index in [4.69, 9.17) is 9.15 Å². The molecule has 2 aromatic carbocycles. The third kappa shape index (κ3) is 5.63. The molecule has 2 N–H and O–H groups in total. The van der Waals surface area contributed by atoms with Crippen LogP contribution in [-0.2, 0) is 14.8 Å². The highest BCUT2D eigenvalue weighted by Crippen LogP contribution is 2.32. The maximum Gasteiger partial charge on any atom is 0.251 e. The lowest BCUT2D eigenvalue weighted by atomic mass is 10.0. The fourth-order valence-electron chi connectivity index (χ4n) is 4.30. The molecule has 1 saturated heterocycles.